The Bertz CT molecular complexity index is 757. The highest BCUT2D eigenvalue weighted by Gasteiger charge is 2.15. The number of aromatic hydroxyl groups is 1. The van der Waals surface area contributed by atoms with Crippen molar-refractivity contribution in [2.75, 3.05) is 31.6 Å². The first-order valence-electron chi connectivity index (χ1n) is 7.91. The minimum absolute atomic E-state index is 0.111. The number of anilines is 1. The largest absolute Gasteiger partial charge is 0.508 e. The third-order valence-corrected chi connectivity index (χ3v) is 3.96. The molecule has 132 valence electrons. The minimum Gasteiger partial charge on any atom is -0.508 e. The summed E-state index contributed by atoms with van der Waals surface area (Å²) in [4.78, 5) is 14.3. The molecule has 0 radical (unpaired) electrons. The maximum atomic E-state index is 13.2. The molecule has 2 aromatic rings. The first-order chi connectivity index (χ1) is 12.0. The number of morpholine rings is 1. The van der Waals surface area contributed by atoms with E-state index in [1.165, 1.54) is 12.1 Å². The summed E-state index contributed by atoms with van der Waals surface area (Å²) in [6.45, 7) is 3.33. The van der Waals surface area contributed by atoms with Crippen LogP contribution in [-0.4, -0.2) is 42.2 Å². The van der Waals surface area contributed by atoms with Crippen LogP contribution in [0.2, 0.25) is 0 Å². The van der Waals surface area contributed by atoms with Gasteiger partial charge in [-0.2, -0.15) is 0 Å². The van der Waals surface area contributed by atoms with Crippen molar-refractivity contribution >= 4 is 11.6 Å². The van der Waals surface area contributed by atoms with Crippen LogP contribution < -0.4 is 5.32 Å². The predicted octanol–water partition coefficient (Wildman–Crippen LogP) is 2.75. The zero-order valence-corrected chi connectivity index (χ0v) is 13.5. The zero-order chi connectivity index (χ0) is 17.8. The summed E-state index contributed by atoms with van der Waals surface area (Å²) in [6, 6.07) is 7.31. The maximum absolute atomic E-state index is 13.2. The lowest BCUT2D eigenvalue weighted by atomic mass is 10.1. The number of benzene rings is 2. The molecule has 25 heavy (non-hydrogen) atoms. The van der Waals surface area contributed by atoms with E-state index in [1.807, 2.05) is 0 Å². The Morgan fingerprint density at radius 2 is 1.80 bits per heavy atom. The van der Waals surface area contributed by atoms with Gasteiger partial charge in [0.1, 0.15) is 17.4 Å². The van der Waals surface area contributed by atoms with Crippen molar-refractivity contribution in [1.29, 1.82) is 0 Å². The van der Waals surface area contributed by atoms with Gasteiger partial charge in [0.05, 0.1) is 13.2 Å². The van der Waals surface area contributed by atoms with Gasteiger partial charge in [0, 0.05) is 42.5 Å². The molecule has 5 nitrogen and oxygen atoms in total. The van der Waals surface area contributed by atoms with E-state index >= 15 is 0 Å². The van der Waals surface area contributed by atoms with Gasteiger partial charge in [-0.25, -0.2) is 8.78 Å². The molecule has 1 aliphatic rings. The molecule has 2 aromatic carbocycles. The van der Waals surface area contributed by atoms with Crippen LogP contribution in [0, 0.1) is 11.6 Å². The van der Waals surface area contributed by atoms with E-state index in [9.17, 15) is 18.7 Å². The van der Waals surface area contributed by atoms with Crippen molar-refractivity contribution in [3.63, 3.8) is 0 Å². The van der Waals surface area contributed by atoms with Crippen molar-refractivity contribution in [2.24, 2.45) is 0 Å². The molecular formula is C18H18F2N2O3. The first-order valence-corrected chi connectivity index (χ1v) is 7.91. The summed E-state index contributed by atoms with van der Waals surface area (Å²) in [5, 5.41) is 12.6. The number of amides is 1. The van der Waals surface area contributed by atoms with Gasteiger partial charge >= 0.3 is 0 Å². The highest BCUT2D eigenvalue weighted by atomic mass is 19.1. The molecule has 1 heterocycles. The van der Waals surface area contributed by atoms with E-state index in [-0.39, 0.29) is 11.3 Å². The molecule has 1 amide bonds. The quantitative estimate of drug-likeness (QED) is 0.834. The molecule has 1 fully saturated rings. The first kappa shape index (κ1) is 17.3. The fourth-order valence-corrected chi connectivity index (χ4v) is 2.68. The molecule has 0 bridgehead atoms. The number of phenols is 1. The fraction of sp³-hybridized carbons (Fsp3) is 0.278. The number of hydrogen-bond acceptors (Lipinski definition) is 4. The van der Waals surface area contributed by atoms with E-state index in [2.05, 4.69) is 10.2 Å². The van der Waals surface area contributed by atoms with Crippen LogP contribution in [0.3, 0.4) is 0 Å². The topological polar surface area (TPSA) is 61.8 Å². The van der Waals surface area contributed by atoms with Crippen molar-refractivity contribution in [2.45, 2.75) is 6.54 Å². The highest BCUT2D eigenvalue weighted by molar-refractivity contribution is 6.04. The second-order valence-electron chi connectivity index (χ2n) is 5.84. The average Bonchev–Trinajstić information content (AvgIpc) is 2.58. The summed E-state index contributed by atoms with van der Waals surface area (Å²) in [5.74, 6) is -2.13. The van der Waals surface area contributed by atoms with Gasteiger partial charge in [-0.15, -0.1) is 0 Å². The van der Waals surface area contributed by atoms with Crippen molar-refractivity contribution in [1.82, 2.24) is 4.90 Å². The van der Waals surface area contributed by atoms with Gasteiger partial charge in [-0.1, -0.05) is 0 Å². The molecule has 1 aliphatic heterocycles. The molecule has 0 aromatic heterocycles. The SMILES string of the molecule is O=C(Nc1ccc(O)c(CN2CCOCC2)c1)c1cc(F)cc(F)c1. The summed E-state index contributed by atoms with van der Waals surface area (Å²) < 4.78 is 31.8. The Labute approximate surface area is 143 Å². The van der Waals surface area contributed by atoms with Gasteiger partial charge in [-0.05, 0) is 30.3 Å². The molecule has 2 N–H and O–H groups in total. The standard InChI is InChI=1S/C18H18F2N2O3/c19-14-7-12(8-15(20)10-14)18(24)21-16-1-2-17(23)13(9-16)11-22-3-5-25-6-4-22/h1-2,7-10,23H,3-6,11H2,(H,21,24). The third-order valence-electron chi connectivity index (χ3n) is 3.96. The summed E-state index contributed by atoms with van der Waals surface area (Å²) in [6.07, 6.45) is 0. The van der Waals surface area contributed by atoms with Crippen molar-refractivity contribution < 1.29 is 23.4 Å². The summed E-state index contributed by atoms with van der Waals surface area (Å²) >= 11 is 0. The van der Waals surface area contributed by atoms with Gasteiger partial charge in [0.15, 0.2) is 0 Å². The molecular weight excluding hydrogens is 330 g/mol. The average molecular weight is 348 g/mol. The van der Waals surface area contributed by atoms with Crippen LogP contribution in [0.1, 0.15) is 15.9 Å². The van der Waals surface area contributed by atoms with Gasteiger partial charge in [0.25, 0.3) is 5.91 Å². The van der Waals surface area contributed by atoms with E-state index in [1.54, 1.807) is 6.07 Å². The smallest absolute Gasteiger partial charge is 0.255 e. The molecule has 0 unspecified atom stereocenters. The second kappa shape index (κ2) is 7.58. The molecule has 0 atom stereocenters. The third kappa shape index (κ3) is 4.52. The minimum atomic E-state index is -0.816. The normalized spacial score (nSPS) is 15.1. The Morgan fingerprint density at radius 3 is 2.48 bits per heavy atom. The number of nitrogens with one attached hydrogen (secondary N) is 1. The number of rotatable bonds is 4. The number of halogens is 2. The Morgan fingerprint density at radius 1 is 1.12 bits per heavy atom. The van der Waals surface area contributed by atoms with Gasteiger partial charge in [-0.3, -0.25) is 9.69 Å². The number of carbonyl (C=O) groups excluding carboxylic acids is 1. The Kier molecular flexibility index (Phi) is 5.25. The van der Waals surface area contributed by atoms with Crippen LogP contribution >= 0.6 is 0 Å². The van der Waals surface area contributed by atoms with Crippen molar-refractivity contribution in [3.05, 3.63) is 59.2 Å². The number of nitrogens with zero attached hydrogens (tertiary/aromatic N) is 1. The Balaban J connectivity index is 1.73. The van der Waals surface area contributed by atoms with E-state index in [0.29, 0.717) is 37.1 Å². The second-order valence-corrected chi connectivity index (χ2v) is 5.84. The number of phenolic OH excluding ortho intramolecular Hbond substituents is 1. The van der Waals surface area contributed by atoms with E-state index < -0.39 is 17.5 Å². The number of carbonyl (C=O) groups is 1. The molecule has 0 spiro atoms. The molecule has 0 aliphatic carbocycles. The molecule has 0 saturated carbocycles. The van der Waals surface area contributed by atoms with Gasteiger partial charge in [0.2, 0.25) is 0 Å². The summed E-state index contributed by atoms with van der Waals surface area (Å²) in [7, 11) is 0. The van der Waals surface area contributed by atoms with Gasteiger partial charge < -0.3 is 15.2 Å². The van der Waals surface area contributed by atoms with Crippen LogP contribution in [0.4, 0.5) is 14.5 Å². The van der Waals surface area contributed by atoms with Crippen molar-refractivity contribution in [3.8, 4) is 5.75 Å². The number of ether oxygens (including phenoxy) is 1. The molecule has 3 rings (SSSR count). The van der Waals surface area contributed by atoms with Crippen LogP contribution in [0.25, 0.3) is 0 Å². The lowest BCUT2D eigenvalue weighted by molar-refractivity contribution is 0.0339. The lowest BCUT2D eigenvalue weighted by Crippen LogP contribution is -2.35. The fourth-order valence-electron chi connectivity index (χ4n) is 2.68. The van der Waals surface area contributed by atoms with E-state index in [4.69, 9.17) is 4.74 Å². The summed E-state index contributed by atoms with van der Waals surface area (Å²) in [5.41, 5.74) is 0.987. The molecule has 7 heteroatoms. The Hall–Kier alpha value is -2.51. The van der Waals surface area contributed by atoms with Crippen LogP contribution in [-0.2, 0) is 11.3 Å². The van der Waals surface area contributed by atoms with Crippen LogP contribution in [0.15, 0.2) is 36.4 Å². The predicted molar refractivity (Wildman–Crippen MR) is 88.5 cm³/mol. The highest BCUT2D eigenvalue weighted by Crippen LogP contribution is 2.24. The maximum Gasteiger partial charge on any atom is 0.255 e. The lowest BCUT2D eigenvalue weighted by Gasteiger charge is -2.27. The molecule has 1 saturated heterocycles. The zero-order valence-electron chi connectivity index (χ0n) is 13.5. The van der Waals surface area contributed by atoms with Crippen LogP contribution in [0.5, 0.6) is 5.75 Å². The number of hydrogen-bond donors (Lipinski definition) is 2. The monoisotopic (exact) mass is 348 g/mol. The van der Waals surface area contributed by atoms with E-state index in [0.717, 1.165) is 25.2 Å².